The molecule has 2 aromatic rings. The third kappa shape index (κ3) is 4.60. The van der Waals surface area contributed by atoms with Crippen LogP contribution in [0.25, 0.3) is 0 Å². The van der Waals surface area contributed by atoms with E-state index in [1.165, 1.54) is 16.9 Å². The van der Waals surface area contributed by atoms with Crippen LogP contribution in [0.2, 0.25) is 0 Å². The number of carbonyl (C=O) groups is 1. The summed E-state index contributed by atoms with van der Waals surface area (Å²) in [5.74, 6) is 1.30. The Morgan fingerprint density at radius 3 is 2.48 bits per heavy atom. The smallest absolute Gasteiger partial charge is 0.261 e. The molecular weight excluding hydrogens is 282 g/mol. The molecule has 21 heavy (non-hydrogen) atoms. The number of amides is 1. The van der Waals surface area contributed by atoms with Gasteiger partial charge in [-0.1, -0.05) is 32.0 Å². The summed E-state index contributed by atoms with van der Waals surface area (Å²) in [5, 5.41) is 4.82. The molecule has 1 amide bonds. The average Bonchev–Trinajstić information content (AvgIpc) is 3.00. The summed E-state index contributed by atoms with van der Waals surface area (Å²) in [6.07, 6.45) is 0. The molecule has 0 saturated heterocycles. The summed E-state index contributed by atoms with van der Waals surface area (Å²) < 4.78 is 5.71. The molecule has 0 unspecified atom stereocenters. The van der Waals surface area contributed by atoms with Gasteiger partial charge in [0.1, 0.15) is 12.4 Å². The zero-order valence-corrected chi connectivity index (χ0v) is 13.4. The SMILES string of the molecule is CC(C)c1ccc(OC[C@@H](C)NC(=O)c2cccs2)cc1. The summed E-state index contributed by atoms with van der Waals surface area (Å²) in [6.45, 7) is 6.72. The van der Waals surface area contributed by atoms with Gasteiger partial charge in [-0.2, -0.15) is 0 Å². The molecule has 0 aliphatic rings. The first-order valence-corrected chi connectivity index (χ1v) is 8.01. The van der Waals surface area contributed by atoms with Crippen molar-refractivity contribution in [3.8, 4) is 5.75 Å². The lowest BCUT2D eigenvalue weighted by Gasteiger charge is -2.15. The topological polar surface area (TPSA) is 38.3 Å². The minimum absolute atomic E-state index is 0.0376. The monoisotopic (exact) mass is 303 g/mol. The van der Waals surface area contributed by atoms with E-state index in [-0.39, 0.29) is 11.9 Å². The number of rotatable bonds is 6. The van der Waals surface area contributed by atoms with Gasteiger partial charge in [-0.15, -0.1) is 11.3 Å². The van der Waals surface area contributed by atoms with Crippen LogP contribution < -0.4 is 10.1 Å². The molecule has 0 saturated carbocycles. The summed E-state index contributed by atoms with van der Waals surface area (Å²) in [7, 11) is 0. The van der Waals surface area contributed by atoms with Crippen LogP contribution in [-0.2, 0) is 0 Å². The molecule has 4 heteroatoms. The molecule has 1 aromatic heterocycles. The Labute approximate surface area is 130 Å². The van der Waals surface area contributed by atoms with Gasteiger partial charge < -0.3 is 10.1 Å². The fourth-order valence-corrected chi connectivity index (χ4v) is 2.54. The maximum absolute atomic E-state index is 11.9. The van der Waals surface area contributed by atoms with E-state index in [2.05, 4.69) is 31.3 Å². The number of carbonyl (C=O) groups excluding carboxylic acids is 1. The van der Waals surface area contributed by atoms with Gasteiger partial charge in [0.15, 0.2) is 0 Å². The Kier molecular flexibility index (Phi) is 5.39. The molecule has 0 bridgehead atoms. The highest BCUT2D eigenvalue weighted by molar-refractivity contribution is 7.12. The Balaban J connectivity index is 1.81. The van der Waals surface area contributed by atoms with Crippen molar-refractivity contribution in [2.45, 2.75) is 32.7 Å². The minimum atomic E-state index is -0.0451. The van der Waals surface area contributed by atoms with Crippen LogP contribution in [0.5, 0.6) is 5.75 Å². The fourth-order valence-electron chi connectivity index (χ4n) is 1.91. The molecule has 1 aromatic carbocycles. The highest BCUT2D eigenvalue weighted by Crippen LogP contribution is 2.18. The largest absolute Gasteiger partial charge is 0.491 e. The number of nitrogens with one attached hydrogen (secondary N) is 1. The molecule has 0 radical (unpaired) electrons. The lowest BCUT2D eigenvalue weighted by atomic mass is 10.0. The second kappa shape index (κ2) is 7.27. The highest BCUT2D eigenvalue weighted by atomic mass is 32.1. The van der Waals surface area contributed by atoms with E-state index in [4.69, 9.17) is 4.74 Å². The highest BCUT2D eigenvalue weighted by Gasteiger charge is 2.11. The van der Waals surface area contributed by atoms with Gasteiger partial charge in [0.25, 0.3) is 5.91 Å². The van der Waals surface area contributed by atoms with Crippen LogP contribution in [0.1, 0.15) is 41.9 Å². The van der Waals surface area contributed by atoms with E-state index >= 15 is 0 Å². The molecule has 1 atom stereocenters. The third-order valence-corrected chi connectivity index (χ3v) is 4.04. The van der Waals surface area contributed by atoms with Crippen molar-refractivity contribution in [3.63, 3.8) is 0 Å². The quantitative estimate of drug-likeness (QED) is 0.873. The Hall–Kier alpha value is -1.81. The zero-order chi connectivity index (χ0) is 15.2. The normalized spacial score (nSPS) is 12.2. The van der Waals surface area contributed by atoms with Crippen molar-refractivity contribution >= 4 is 17.2 Å². The van der Waals surface area contributed by atoms with E-state index < -0.39 is 0 Å². The lowest BCUT2D eigenvalue weighted by Crippen LogP contribution is -2.36. The number of ether oxygens (including phenoxy) is 1. The minimum Gasteiger partial charge on any atom is -0.491 e. The second-order valence-corrected chi connectivity index (χ2v) is 6.33. The number of hydrogen-bond donors (Lipinski definition) is 1. The van der Waals surface area contributed by atoms with Gasteiger partial charge in [0.2, 0.25) is 0 Å². The van der Waals surface area contributed by atoms with E-state index in [1.807, 2.05) is 36.6 Å². The van der Waals surface area contributed by atoms with Crippen LogP contribution in [-0.4, -0.2) is 18.6 Å². The molecule has 3 nitrogen and oxygen atoms in total. The van der Waals surface area contributed by atoms with Crippen LogP contribution in [0.3, 0.4) is 0 Å². The standard InChI is InChI=1S/C17H21NO2S/c1-12(2)14-6-8-15(9-7-14)20-11-13(3)18-17(19)16-5-4-10-21-16/h4-10,12-13H,11H2,1-3H3,(H,18,19)/t13-/m1/s1. The van der Waals surface area contributed by atoms with Gasteiger partial charge in [0, 0.05) is 0 Å². The van der Waals surface area contributed by atoms with Gasteiger partial charge in [-0.05, 0) is 42.0 Å². The average molecular weight is 303 g/mol. The van der Waals surface area contributed by atoms with Crippen molar-refractivity contribution in [1.29, 1.82) is 0 Å². The van der Waals surface area contributed by atoms with Crippen LogP contribution in [0, 0.1) is 0 Å². The van der Waals surface area contributed by atoms with Crippen molar-refractivity contribution in [3.05, 3.63) is 52.2 Å². The fraction of sp³-hybridized carbons (Fsp3) is 0.353. The molecule has 0 spiro atoms. The van der Waals surface area contributed by atoms with Crippen molar-refractivity contribution < 1.29 is 9.53 Å². The summed E-state index contributed by atoms with van der Waals surface area (Å²) in [6, 6.07) is 11.8. The van der Waals surface area contributed by atoms with Gasteiger partial charge in [0.05, 0.1) is 10.9 Å². The molecule has 1 N–H and O–H groups in total. The van der Waals surface area contributed by atoms with E-state index in [0.717, 1.165) is 10.6 Å². The van der Waals surface area contributed by atoms with E-state index in [0.29, 0.717) is 12.5 Å². The number of thiophene rings is 1. The predicted molar refractivity (Wildman–Crippen MR) is 87.3 cm³/mol. The van der Waals surface area contributed by atoms with Crippen molar-refractivity contribution in [1.82, 2.24) is 5.32 Å². The Morgan fingerprint density at radius 1 is 1.19 bits per heavy atom. The zero-order valence-electron chi connectivity index (χ0n) is 12.6. The number of hydrogen-bond acceptors (Lipinski definition) is 3. The van der Waals surface area contributed by atoms with E-state index in [9.17, 15) is 4.79 Å². The molecule has 112 valence electrons. The molecule has 0 aliphatic carbocycles. The second-order valence-electron chi connectivity index (χ2n) is 5.39. The summed E-state index contributed by atoms with van der Waals surface area (Å²) in [5.41, 5.74) is 1.29. The lowest BCUT2D eigenvalue weighted by molar-refractivity contribution is 0.0931. The Bertz CT molecular complexity index is 561. The van der Waals surface area contributed by atoms with E-state index in [1.54, 1.807) is 0 Å². The first-order chi connectivity index (χ1) is 10.1. The molecular formula is C17H21NO2S. The predicted octanol–water partition coefficient (Wildman–Crippen LogP) is 4.07. The van der Waals surface area contributed by atoms with Crippen LogP contribution in [0.4, 0.5) is 0 Å². The van der Waals surface area contributed by atoms with Gasteiger partial charge >= 0.3 is 0 Å². The van der Waals surface area contributed by atoms with Crippen molar-refractivity contribution in [2.75, 3.05) is 6.61 Å². The molecule has 2 rings (SSSR count). The van der Waals surface area contributed by atoms with Crippen LogP contribution in [0.15, 0.2) is 41.8 Å². The maximum atomic E-state index is 11.9. The first kappa shape index (κ1) is 15.6. The first-order valence-electron chi connectivity index (χ1n) is 7.13. The van der Waals surface area contributed by atoms with Crippen LogP contribution >= 0.6 is 11.3 Å². The molecule has 0 aliphatic heterocycles. The number of benzene rings is 1. The van der Waals surface area contributed by atoms with Crippen molar-refractivity contribution in [2.24, 2.45) is 0 Å². The van der Waals surface area contributed by atoms with Gasteiger partial charge in [-0.25, -0.2) is 0 Å². The maximum Gasteiger partial charge on any atom is 0.261 e. The summed E-state index contributed by atoms with van der Waals surface area (Å²) >= 11 is 1.44. The molecule has 0 fully saturated rings. The van der Waals surface area contributed by atoms with Gasteiger partial charge in [-0.3, -0.25) is 4.79 Å². The third-order valence-electron chi connectivity index (χ3n) is 3.17. The Morgan fingerprint density at radius 2 is 1.90 bits per heavy atom. The summed E-state index contributed by atoms with van der Waals surface area (Å²) in [4.78, 5) is 12.6. The molecule has 1 heterocycles.